The van der Waals surface area contributed by atoms with Crippen LogP contribution in [0.15, 0.2) is 48.8 Å². The van der Waals surface area contributed by atoms with Crippen LogP contribution in [0.3, 0.4) is 0 Å². The van der Waals surface area contributed by atoms with Crippen LogP contribution in [0.2, 0.25) is 0 Å². The normalized spacial score (nSPS) is 11.3. The molecule has 0 radical (unpaired) electrons. The number of hydrogen-bond donors (Lipinski definition) is 2. The summed E-state index contributed by atoms with van der Waals surface area (Å²) in [5.41, 5.74) is 5.08. The summed E-state index contributed by atoms with van der Waals surface area (Å²) < 4.78 is 15.4. The van der Waals surface area contributed by atoms with E-state index in [2.05, 4.69) is 26.3 Å². The van der Waals surface area contributed by atoms with Crippen molar-refractivity contribution in [2.75, 3.05) is 11.9 Å². The molecule has 0 saturated heterocycles. The zero-order valence-electron chi connectivity index (χ0n) is 16.4. The minimum Gasteiger partial charge on any atom is -0.361 e. The molecule has 3 aromatic rings. The lowest BCUT2D eigenvalue weighted by atomic mass is 10.0. The van der Waals surface area contributed by atoms with Crippen molar-refractivity contribution in [2.24, 2.45) is 7.05 Å². The minimum atomic E-state index is -0.243. The Labute approximate surface area is 164 Å². The Morgan fingerprint density at radius 3 is 2.71 bits per heavy atom. The maximum atomic E-state index is 13.3. The number of anilines is 1. The number of benzene rings is 1. The monoisotopic (exact) mass is 380 g/mol. The first-order valence-corrected chi connectivity index (χ1v) is 9.32. The third-order valence-corrected chi connectivity index (χ3v) is 4.71. The fourth-order valence-corrected chi connectivity index (χ4v) is 3.35. The summed E-state index contributed by atoms with van der Waals surface area (Å²) in [6.07, 6.45) is 6.96. The number of allylic oxidation sites excluding steroid dienone is 1. The van der Waals surface area contributed by atoms with Crippen molar-refractivity contribution in [3.05, 3.63) is 71.4 Å². The standard InChI is InChI=1S/C22H25FN4O/c1-4-10-25-18-13-20-19(9-11-24-15(2)28)21(27(3)22(20)26-14-18)12-16-5-7-17(23)8-6-16/h4-8,10,13-14,25H,9,11-12H2,1-3H3,(H,24,28). The maximum Gasteiger partial charge on any atom is 0.216 e. The van der Waals surface area contributed by atoms with Gasteiger partial charge in [-0.3, -0.25) is 4.79 Å². The molecule has 0 atom stereocenters. The van der Waals surface area contributed by atoms with Gasteiger partial charge in [0.05, 0.1) is 11.9 Å². The van der Waals surface area contributed by atoms with Crippen LogP contribution in [0, 0.1) is 5.82 Å². The molecule has 0 aliphatic rings. The van der Waals surface area contributed by atoms with E-state index in [0.717, 1.165) is 33.5 Å². The lowest BCUT2D eigenvalue weighted by molar-refractivity contribution is -0.118. The van der Waals surface area contributed by atoms with Gasteiger partial charge in [-0.05, 0) is 48.9 Å². The predicted molar refractivity (Wildman–Crippen MR) is 111 cm³/mol. The van der Waals surface area contributed by atoms with Crippen LogP contribution in [-0.2, 0) is 24.7 Å². The van der Waals surface area contributed by atoms with Gasteiger partial charge in [-0.2, -0.15) is 0 Å². The molecule has 0 spiro atoms. The molecule has 28 heavy (non-hydrogen) atoms. The number of carbonyl (C=O) groups excluding carboxylic acids is 1. The van der Waals surface area contributed by atoms with E-state index in [9.17, 15) is 9.18 Å². The van der Waals surface area contributed by atoms with Gasteiger partial charge in [0, 0.05) is 38.0 Å². The minimum absolute atomic E-state index is 0.0473. The number of amides is 1. The van der Waals surface area contributed by atoms with Crippen LogP contribution in [-0.4, -0.2) is 22.0 Å². The fraction of sp³-hybridized carbons (Fsp3) is 0.273. The van der Waals surface area contributed by atoms with Gasteiger partial charge in [-0.15, -0.1) is 0 Å². The summed E-state index contributed by atoms with van der Waals surface area (Å²) in [6.45, 7) is 4.02. The molecular weight excluding hydrogens is 355 g/mol. The number of carbonyl (C=O) groups is 1. The van der Waals surface area contributed by atoms with E-state index in [-0.39, 0.29) is 11.7 Å². The van der Waals surface area contributed by atoms with Crippen molar-refractivity contribution in [3.63, 3.8) is 0 Å². The van der Waals surface area contributed by atoms with Gasteiger partial charge in [0.2, 0.25) is 5.91 Å². The SMILES string of the molecule is CC=CNc1cnc2c(c1)c(CCNC(C)=O)c(Cc1ccc(F)cc1)n2C. The number of fused-ring (bicyclic) bond motifs is 1. The predicted octanol–water partition coefficient (Wildman–Crippen LogP) is 3.93. The Hall–Kier alpha value is -3.15. The number of nitrogens with one attached hydrogen (secondary N) is 2. The highest BCUT2D eigenvalue weighted by Gasteiger charge is 2.17. The van der Waals surface area contributed by atoms with Crippen molar-refractivity contribution in [1.29, 1.82) is 0 Å². The van der Waals surface area contributed by atoms with E-state index < -0.39 is 0 Å². The van der Waals surface area contributed by atoms with Crippen LogP contribution in [0.5, 0.6) is 0 Å². The van der Waals surface area contributed by atoms with Gasteiger partial charge < -0.3 is 15.2 Å². The molecule has 1 aromatic carbocycles. The molecule has 0 unspecified atom stereocenters. The highest BCUT2D eigenvalue weighted by Crippen LogP contribution is 2.28. The van der Waals surface area contributed by atoms with Gasteiger partial charge >= 0.3 is 0 Å². The molecule has 146 valence electrons. The van der Waals surface area contributed by atoms with E-state index in [1.54, 1.807) is 12.1 Å². The highest BCUT2D eigenvalue weighted by atomic mass is 19.1. The Bertz CT molecular complexity index is 1010. The average Bonchev–Trinajstić information content (AvgIpc) is 2.93. The van der Waals surface area contributed by atoms with E-state index in [4.69, 9.17) is 0 Å². The number of halogens is 1. The first kappa shape index (κ1) is 19.6. The summed E-state index contributed by atoms with van der Waals surface area (Å²) in [6, 6.07) is 8.65. The van der Waals surface area contributed by atoms with Crippen LogP contribution >= 0.6 is 0 Å². The molecule has 0 aliphatic heterocycles. The molecule has 0 saturated carbocycles. The Balaban J connectivity index is 2.04. The highest BCUT2D eigenvalue weighted by molar-refractivity contribution is 5.85. The molecule has 2 heterocycles. The number of nitrogens with zero attached hydrogens (tertiary/aromatic N) is 2. The van der Waals surface area contributed by atoms with Crippen LogP contribution in [0.1, 0.15) is 30.7 Å². The van der Waals surface area contributed by atoms with E-state index in [0.29, 0.717) is 19.4 Å². The molecule has 6 heteroatoms. The maximum absolute atomic E-state index is 13.3. The van der Waals surface area contributed by atoms with Crippen LogP contribution in [0.25, 0.3) is 11.0 Å². The lowest BCUT2D eigenvalue weighted by Gasteiger charge is -2.09. The quantitative estimate of drug-likeness (QED) is 0.653. The Morgan fingerprint density at radius 1 is 1.29 bits per heavy atom. The average molecular weight is 380 g/mol. The second kappa shape index (κ2) is 8.69. The second-order valence-electron chi connectivity index (χ2n) is 6.76. The van der Waals surface area contributed by atoms with Gasteiger partial charge in [0.15, 0.2) is 0 Å². The van der Waals surface area contributed by atoms with Crippen molar-refractivity contribution < 1.29 is 9.18 Å². The molecule has 0 fully saturated rings. The topological polar surface area (TPSA) is 59.0 Å². The van der Waals surface area contributed by atoms with Gasteiger partial charge in [0.25, 0.3) is 0 Å². The molecular formula is C22H25FN4O. The number of aromatic nitrogens is 2. The zero-order valence-corrected chi connectivity index (χ0v) is 16.4. The van der Waals surface area contributed by atoms with E-state index in [1.165, 1.54) is 19.1 Å². The summed E-state index contributed by atoms with van der Waals surface area (Å²) >= 11 is 0. The third-order valence-electron chi connectivity index (χ3n) is 4.71. The first-order chi connectivity index (χ1) is 13.5. The van der Waals surface area contributed by atoms with Crippen molar-refractivity contribution in [2.45, 2.75) is 26.7 Å². The Morgan fingerprint density at radius 2 is 2.04 bits per heavy atom. The molecule has 2 N–H and O–H groups in total. The van der Waals surface area contributed by atoms with Crippen LogP contribution < -0.4 is 10.6 Å². The summed E-state index contributed by atoms with van der Waals surface area (Å²) in [5, 5.41) is 7.13. The summed E-state index contributed by atoms with van der Waals surface area (Å²) in [4.78, 5) is 15.9. The van der Waals surface area contributed by atoms with E-state index in [1.807, 2.05) is 32.4 Å². The fourth-order valence-electron chi connectivity index (χ4n) is 3.35. The lowest BCUT2D eigenvalue weighted by Crippen LogP contribution is -2.22. The smallest absolute Gasteiger partial charge is 0.216 e. The second-order valence-corrected chi connectivity index (χ2v) is 6.76. The zero-order chi connectivity index (χ0) is 20.1. The summed E-state index contributed by atoms with van der Waals surface area (Å²) in [5.74, 6) is -0.290. The first-order valence-electron chi connectivity index (χ1n) is 9.32. The third kappa shape index (κ3) is 4.39. The summed E-state index contributed by atoms with van der Waals surface area (Å²) in [7, 11) is 2.00. The van der Waals surface area contributed by atoms with Crippen molar-refractivity contribution >= 4 is 22.6 Å². The van der Waals surface area contributed by atoms with Crippen LogP contribution in [0.4, 0.5) is 10.1 Å². The van der Waals surface area contributed by atoms with Crippen molar-refractivity contribution in [3.8, 4) is 0 Å². The molecule has 5 nitrogen and oxygen atoms in total. The van der Waals surface area contributed by atoms with Gasteiger partial charge in [-0.1, -0.05) is 18.2 Å². The largest absolute Gasteiger partial charge is 0.361 e. The van der Waals surface area contributed by atoms with Gasteiger partial charge in [-0.25, -0.2) is 9.37 Å². The Kier molecular flexibility index (Phi) is 6.09. The molecule has 1 amide bonds. The molecule has 0 aliphatic carbocycles. The number of aryl methyl sites for hydroxylation is 1. The molecule has 2 aromatic heterocycles. The number of pyridine rings is 1. The molecule has 3 rings (SSSR count). The van der Waals surface area contributed by atoms with E-state index >= 15 is 0 Å². The number of hydrogen-bond acceptors (Lipinski definition) is 3. The van der Waals surface area contributed by atoms with Gasteiger partial charge in [0.1, 0.15) is 11.5 Å². The number of rotatable bonds is 7. The van der Waals surface area contributed by atoms with Crippen molar-refractivity contribution in [1.82, 2.24) is 14.9 Å². The molecule has 0 bridgehead atoms.